The van der Waals surface area contributed by atoms with E-state index in [0.717, 1.165) is 23.1 Å². The van der Waals surface area contributed by atoms with E-state index in [4.69, 9.17) is 9.47 Å². The van der Waals surface area contributed by atoms with Crippen LogP contribution in [0.3, 0.4) is 0 Å². The molecule has 0 bridgehead atoms. The Labute approximate surface area is 124 Å². The molecule has 0 amide bonds. The van der Waals surface area contributed by atoms with Gasteiger partial charge in [-0.3, -0.25) is 4.98 Å². The van der Waals surface area contributed by atoms with Crippen LogP contribution >= 0.6 is 0 Å². The smallest absolute Gasteiger partial charge is 0.339 e. The molecular formula is C16H20N2O3. The normalized spacial score (nSPS) is 10.6. The second kappa shape index (κ2) is 7.04. The number of aromatic nitrogens is 1. The third kappa shape index (κ3) is 3.70. The van der Waals surface area contributed by atoms with E-state index in [0.29, 0.717) is 18.8 Å². The molecule has 1 aromatic carbocycles. The molecule has 5 nitrogen and oxygen atoms in total. The molecule has 1 heterocycles. The Morgan fingerprint density at radius 3 is 2.86 bits per heavy atom. The predicted octanol–water partition coefficient (Wildman–Crippen LogP) is 2.49. The SMILES string of the molecule is CCOC(=O)c1cnc2cc(N(C)CCOC)ccc2c1. The number of esters is 1. The van der Waals surface area contributed by atoms with Crippen LogP contribution in [-0.4, -0.2) is 44.9 Å². The topological polar surface area (TPSA) is 51.7 Å². The van der Waals surface area contributed by atoms with E-state index < -0.39 is 0 Å². The van der Waals surface area contributed by atoms with Crippen molar-refractivity contribution < 1.29 is 14.3 Å². The minimum atomic E-state index is -0.340. The van der Waals surface area contributed by atoms with Crippen LogP contribution in [0.5, 0.6) is 0 Å². The summed E-state index contributed by atoms with van der Waals surface area (Å²) in [5, 5.41) is 0.921. The van der Waals surface area contributed by atoms with Gasteiger partial charge in [-0.2, -0.15) is 0 Å². The van der Waals surface area contributed by atoms with Crippen molar-refractivity contribution in [2.75, 3.05) is 38.8 Å². The third-order valence-corrected chi connectivity index (χ3v) is 3.25. The van der Waals surface area contributed by atoms with Crippen molar-refractivity contribution in [2.24, 2.45) is 0 Å². The fraction of sp³-hybridized carbons (Fsp3) is 0.375. The zero-order valence-corrected chi connectivity index (χ0v) is 12.6. The van der Waals surface area contributed by atoms with Crippen molar-refractivity contribution in [3.63, 3.8) is 0 Å². The van der Waals surface area contributed by atoms with Crippen molar-refractivity contribution in [3.8, 4) is 0 Å². The Balaban J connectivity index is 2.25. The van der Waals surface area contributed by atoms with Gasteiger partial charge in [-0.05, 0) is 25.1 Å². The lowest BCUT2D eigenvalue weighted by Crippen LogP contribution is -2.21. The van der Waals surface area contributed by atoms with E-state index in [1.807, 2.05) is 25.2 Å². The van der Waals surface area contributed by atoms with Gasteiger partial charge in [0.2, 0.25) is 0 Å². The van der Waals surface area contributed by atoms with Gasteiger partial charge in [0.25, 0.3) is 0 Å². The van der Waals surface area contributed by atoms with E-state index in [9.17, 15) is 4.79 Å². The van der Waals surface area contributed by atoms with Crippen LogP contribution in [-0.2, 0) is 9.47 Å². The number of fused-ring (bicyclic) bond motifs is 1. The number of rotatable bonds is 6. The standard InChI is InChI=1S/C16H20N2O3/c1-4-21-16(19)13-9-12-5-6-14(10-15(12)17-11-13)18(2)7-8-20-3/h5-6,9-11H,4,7-8H2,1-3H3. The molecule has 0 saturated heterocycles. The van der Waals surface area contributed by atoms with Crippen LogP contribution in [0, 0.1) is 0 Å². The highest BCUT2D eigenvalue weighted by Gasteiger charge is 2.09. The average Bonchev–Trinajstić information content (AvgIpc) is 2.51. The second-order valence-electron chi connectivity index (χ2n) is 4.74. The first kappa shape index (κ1) is 15.3. The summed E-state index contributed by atoms with van der Waals surface area (Å²) in [7, 11) is 3.69. The van der Waals surface area contributed by atoms with Gasteiger partial charge in [-0.25, -0.2) is 4.79 Å². The van der Waals surface area contributed by atoms with E-state index in [1.54, 1.807) is 26.3 Å². The number of methoxy groups -OCH3 is 1. The minimum absolute atomic E-state index is 0.340. The first-order valence-electron chi connectivity index (χ1n) is 6.92. The Morgan fingerprint density at radius 1 is 1.33 bits per heavy atom. The zero-order valence-electron chi connectivity index (χ0n) is 12.6. The summed E-state index contributed by atoms with van der Waals surface area (Å²) in [6.07, 6.45) is 1.55. The maximum absolute atomic E-state index is 11.7. The lowest BCUT2D eigenvalue weighted by atomic mass is 10.1. The molecule has 0 N–H and O–H groups in total. The number of benzene rings is 1. The number of pyridine rings is 1. The minimum Gasteiger partial charge on any atom is -0.462 e. The molecule has 0 spiro atoms. The Bertz CT molecular complexity index is 628. The molecule has 2 aromatic rings. The summed E-state index contributed by atoms with van der Waals surface area (Å²) in [5.74, 6) is -0.340. The maximum atomic E-state index is 11.7. The summed E-state index contributed by atoms with van der Waals surface area (Å²) in [4.78, 5) is 18.1. The van der Waals surface area contributed by atoms with Gasteiger partial charge < -0.3 is 14.4 Å². The van der Waals surface area contributed by atoms with E-state index in [1.165, 1.54) is 0 Å². The van der Waals surface area contributed by atoms with Gasteiger partial charge >= 0.3 is 5.97 Å². The van der Waals surface area contributed by atoms with Gasteiger partial charge in [0, 0.05) is 38.0 Å². The second-order valence-corrected chi connectivity index (χ2v) is 4.74. The van der Waals surface area contributed by atoms with Crippen molar-refractivity contribution >= 4 is 22.6 Å². The molecule has 0 atom stereocenters. The molecular weight excluding hydrogens is 268 g/mol. The van der Waals surface area contributed by atoms with Crippen molar-refractivity contribution in [1.29, 1.82) is 0 Å². The molecule has 5 heteroatoms. The number of carbonyl (C=O) groups is 1. The quantitative estimate of drug-likeness (QED) is 0.764. The van der Waals surface area contributed by atoms with Crippen molar-refractivity contribution in [1.82, 2.24) is 4.98 Å². The first-order chi connectivity index (χ1) is 10.2. The number of hydrogen-bond donors (Lipinski definition) is 0. The van der Waals surface area contributed by atoms with Crippen LogP contribution < -0.4 is 4.90 Å². The van der Waals surface area contributed by atoms with E-state index in [-0.39, 0.29) is 5.97 Å². The number of ether oxygens (including phenoxy) is 2. The third-order valence-electron chi connectivity index (χ3n) is 3.25. The van der Waals surface area contributed by atoms with Crippen LogP contribution in [0.2, 0.25) is 0 Å². The Hall–Kier alpha value is -2.14. The van der Waals surface area contributed by atoms with Gasteiger partial charge in [0.1, 0.15) is 0 Å². The summed E-state index contributed by atoms with van der Waals surface area (Å²) < 4.78 is 10.1. The molecule has 1 aromatic heterocycles. The fourth-order valence-electron chi connectivity index (χ4n) is 2.03. The first-order valence-corrected chi connectivity index (χ1v) is 6.92. The highest BCUT2D eigenvalue weighted by molar-refractivity contribution is 5.94. The number of carbonyl (C=O) groups excluding carboxylic acids is 1. The average molecular weight is 288 g/mol. The Morgan fingerprint density at radius 2 is 2.14 bits per heavy atom. The molecule has 2 rings (SSSR count). The molecule has 0 aliphatic carbocycles. The van der Waals surface area contributed by atoms with Gasteiger partial charge in [0.15, 0.2) is 0 Å². The summed E-state index contributed by atoms with van der Waals surface area (Å²) >= 11 is 0. The maximum Gasteiger partial charge on any atom is 0.339 e. The largest absolute Gasteiger partial charge is 0.462 e. The number of nitrogens with zero attached hydrogens (tertiary/aromatic N) is 2. The molecule has 0 fully saturated rings. The lowest BCUT2D eigenvalue weighted by Gasteiger charge is -2.19. The number of hydrogen-bond acceptors (Lipinski definition) is 5. The summed E-state index contributed by atoms with van der Waals surface area (Å²) in [6, 6.07) is 7.78. The highest BCUT2D eigenvalue weighted by atomic mass is 16.5. The zero-order chi connectivity index (χ0) is 15.2. The molecule has 0 aliphatic heterocycles. The van der Waals surface area contributed by atoms with Gasteiger partial charge in [0.05, 0.1) is 24.3 Å². The summed E-state index contributed by atoms with van der Waals surface area (Å²) in [5.41, 5.74) is 2.39. The number of likely N-dealkylation sites (N-methyl/N-ethyl adjacent to an activating group) is 1. The molecule has 112 valence electrons. The molecule has 0 radical (unpaired) electrons. The number of anilines is 1. The van der Waals surface area contributed by atoms with E-state index in [2.05, 4.69) is 9.88 Å². The van der Waals surface area contributed by atoms with Crippen LogP contribution in [0.25, 0.3) is 10.9 Å². The Kier molecular flexibility index (Phi) is 5.11. The molecule has 0 saturated carbocycles. The van der Waals surface area contributed by atoms with Crippen molar-refractivity contribution in [3.05, 3.63) is 36.0 Å². The van der Waals surface area contributed by atoms with Crippen LogP contribution in [0.15, 0.2) is 30.5 Å². The monoisotopic (exact) mass is 288 g/mol. The van der Waals surface area contributed by atoms with Gasteiger partial charge in [-0.15, -0.1) is 0 Å². The fourth-order valence-corrected chi connectivity index (χ4v) is 2.03. The highest BCUT2D eigenvalue weighted by Crippen LogP contribution is 2.21. The molecule has 0 aliphatic rings. The molecule has 21 heavy (non-hydrogen) atoms. The van der Waals surface area contributed by atoms with E-state index >= 15 is 0 Å². The predicted molar refractivity (Wildman–Crippen MR) is 82.8 cm³/mol. The molecule has 0 unspecified atom stereocenters. The lowest BCUT2D eigenvalue weighted by molar-refractivity contribution is 0.0526. The van der Waals surface area contributed by atoms with Crippen LogP contribution in [0.4, 0.5) is 5.69 Å². The van der Waals surface area contributed by atoms with Gasteiger partial charge in [-0.1, -0.05) is 6.07 Å². The van der Waals surface area contributed by atoms with Crippen LogP contribution in [0.1, 0.15) is 17.3 Å². The summed E-state index contributed by atoms with van der Waals surface area (Å²) in [6.45, 7) is 3.63. The van der Waals surface area contributed by atoms with Crippen molar-refractivity contribution in [2.45, 2.75) is 6.92 Å².